The van der Waals surface area contributed by atoms with Gasteiger partial charge in [-0.3, -0.25) is 9.32 Å². The Labute approximate surface area is 275 Å². The van der Waals surface area contributed by atoms with E-state index in [1.54, 1.807) is 26.8 Å². The lowest BCUT2D eigenvalue weighted by atomic mass is 10.1. The van der Waals surface area contributed by atoms with E-state index < -0.39 is 31.4 Å². The lowest BCUT2D eigenvalue weighted by Gasteiger charge is -2.30. The van der Waals surface area contributed by atoms with Crippen LogP contribution in [0, 0.1) is 5.92 Å². The van der Waals surface area contributed by atoms with Gasteiger partial charge in [0.2, 0.25) is 0 Å². The second-order valence-electron chi connectivity index (χ2n) is 12.8. The molecule has 5 rings (SSSR count). The normalized spacial score (nSPS) is 14.8. The maximum atomic E-state index is 14.8. The molecule has 0 fully saturated rings. The fourth-order valence-corrected chi connectivity index (χ4v) is 7.18. The fourth-order valence-electron chi connectivity index (χ4n) is 5.42. The van der Waals surface area contributed by atoms with Crippen molar-refractivity contribution in [3.8, 4) is 5.75 Å². The summed E-state index contributed by atoms with van der Waals surface area (Å²) in [6.45, 7) is 13.5. The number of aromatic nitrogens is 3. The van der Waals surface area contributed by atoms with E-state index in [0.717, 1.165) is 27.2 Å². The van der Waals surface area contributed by atoms with Crippen molar-refractivity contribution >= 4 is 52.2 Å². The first-order valence-electron chi connectivity index (χ1n) is 15.9. The predicted octanol–water partition coefficient (Wildman–Crippen LogP) is 7.58. The van der Waals surface area contributed by atoms with Crippen molar-refractivity contribution in [3.63, 3.8) is 0 Å². The average molecular weight is 662 g/mol. The molecule has 0 aliphatic heterocycles. The Morgan fingerprint density at radius 1 is 0.979 bits per heavy atom. The number of esters is 1. The lowest BCUT2D eigenvalue weighted by molar-refractivity contribution is -0.158. The van der Waals surface area contributed by atoms with E-state index in [0.29, 0.717) is 29.5 Å². The average Bonchev–Trinajstić information content (AvgIpc) is 3.41. The monoisotopic (exact) mass is 661 g/mol. The van der Waals surface area contributed by atoms with E-state index in [2.05, 4.69) is 10.1 Å². The van der Waals surface area contributed by atoms with Crippen molar-refractivity contribution in [3.05, 3.63) is 72.6 Å². The number of carbonyl (C=O) groups excluding carboxylic acids is 1. The molecule has 11 nitrogen and oxygen atoms in total. The lowest BCUT2D eigenvalue weighted by Crippen LogP contribution is -2.44. The molecular formula is C35H44N5O6P. The van der Waals surface area contributed by atoms with E-state index in [9.17, 15) is 9.36 Å². The Balaban J connectivity index is 1.55. The number of rotatable bonds is 13. The van der Waals surface area contributed by atoms with Gasteiger partial charge in [0, 0.05) is 17.4 Å². The molecule has 12 heteroatoms. The van der Waals surface area contributed by atoms with Crippen molar-refractivity contribution in [2.75, 3.05) is 18.9 Å². The molecule has 0 radical (unpaired) electrons. The fraction of sp³-hybridized carbons (Fsp3) is 0.400. The maximum Gasteiger partial charge on any atom is 0.459 e. The molecule has 0 aliphatic rings. The molecule has 0 amide bonds. The van der Waals surface area contributed by atoms with Crippen molar-refractivity contribution in [1.82, 2.24) is 19.6 Å². The van der Waals surface area contributed by atoms with Gasteiger partial charge in [0.25, 0.3) is 0 Å². The van der Waals surface area contributed by atoms with Crippen molar-refractivity contribution < 1.29 is 27.9 Å². The number of imidazole rings is 1. The molecule has 1 unspecified atom stereocenters. The third-order valence-corrected chi connectivity index (χ3v) is 9.10. The Kier molecular flexibility index (Phi) is 10.2. The summed E-state index contributed by atoms with van der Waals surface area (Å²) in [6, 6.07) is 19.4. The van der Waals surface area contributed by atoms with Crippen LogP contribution < -0.4 is 15.3 Å². The number of nitrogens with zero attached hydrogens (tertiary/aromatic N) is 3. The zero-order chi connectivity index (χ0) is 33.9. The molecule has 3 aromatic carbocycles. The van der Waals surface area contributed by atoms with Crippen LogP contribution in [0.3, 0.4) is 0 Å². The van der Waals surface area contributed by atoms with Gasteiger partial charge in [-0.2, -0.15) is 5.09 Å². The van der Waals surface area contributed by atoms with E-state index >= 15 is 0 Å². The summed E-state index contributed by atoms with van der Waals surface area (Å²) in [5.41, 5.74) is 7.67. The highest BCUT2D eigenvalue weighted by Crippen LogP contribution is 2.48. The third kappa shape index (κ3) is 7.76. The van der Waals surface area contributed by atoms with Gasteiger partial charge in [0.05, 0.1) is 23.7 Å². The van der Waals surface area contributed by atoms with Gasteiger partial charge in [-0.25, -0.2) is 14.5 Å². The highest BCUT2D eigenvalue weighted by Gasteiger charge is 2.38. The van der Waals surface area contributed by atoms with E-state index in [1.807, 2.05) is 92.9 Å². The minimum absolute atomic E-state index is 0.0741. The quantitative estimate of drug-likeness (QED) is 0.0959. The summed E-state index contributed by atoms with van der Waals surface area (Å²) in [7, 11) is -4.24. The van der Waals surface area contributed by atoms with Crippen molar-refractivity contribution in [1.29, 1.82) is 0 Å². The van der Waals surface area contributed by atoms with Gasteiger partial charge in [-0.15, -0.1) is 0 Å². The molecule has 2 heterocycles. The summed E-state index contributed by atoms with van der Waals surface area (Å²) in [5.74, 6) is 0.419. The highest BCUT2D eigenvalue weighted by atomic mass is 31.2. The van der Waals surface area contributed by atoms with Crippen molar-refractivity contribution in [2.45, 2.75) is 72.8 Å². The molecule has 3 N–H and O–H groups in total. The van der Waals surface area contributed by atoms with E-state index in [1.165, 1.54) is 0 Å². The molecule has 47 heavy (non-hydrogen) atoms. The predicted molar refractivity (Wildman–Crippen MR) is 185 cm³/mol. The molecule has 3 atom stereocenters. The Hall–Kier alpha value is -4.02. The van der Waals surface area contributed by atoms with Crippen LogP contribution in [0.4, 0.5) is 5.82 Å². The number of nitrogens with two attached hydrogens (primary N) is 1. The first-order chi connectivity index (χ1) is 22.3. The van der Waals surface area contributed by atoms with Crippen LogP contribution in [0.1, 0.15) is 60.3 Å². The molecule has 0 saturated carbocycles. The number of ether oxygens (including phenoxy) is 2. The largest absolute Gasteiger partial charge is 0.459 e. The van der Waals surface area contributed by atoms with Gasteiger partial charge >= 0.3 is 13.7 Å². The summed E-state index contributed by atoms with van der Waals surface area (Å²) in [4.78, 5) is 22.7. The zero-order valence-electron chi connectivity index (χ0n) is 28.0. The molecule has 5 aromatic rings. The molecule has 0 spiro atoms. The van der Waals surface area contributed by atoms with Crippen molar-refractivity contribution in [2.24, 2.45) is 5.92 Å². The maximum absolute atomic E-state index is 14.8. The summed E-state index contributed by atoms with van der Waals surface area (Å²) in [5, 5.41) is 5.46. The number of benzene rings is 3. The van der Waals surface area contributed by atoms with Gasteiger partial charge in [0.15, 0.2) is 5.82 Å². The second-order valence-corrected chi connectivity index (χ2v) is 14.5. The first-order valence-corrected chi connectivity index (χ1v) is 17.4. The van der Waals surface area contributed by atoms with Crippen LogP contribution in [0.15, 0.2) is 66.7 Å². The number of hydrogen-bond acceptors (Lipinski definition) is 9. The van der Waals surface area contributed by atoms with Crippen LogP contribution in [0.25, 0.3) is 32.7 Å². The van der Waals surface area contributed by atoms with Gasteiger partial charge in [-0.05, 0) is 58.1 Å². The standard InChI is InChI=1S/C35H44N5O6P/c1-8-43-21-29-38-31-32(26-17-11-12-18-27(26)37-33(31)36)40(29)23(4)20-44-47(42,39-30(22(2)3)34(41)45-35(5,6)7)46-28-19-13-15-24-14-9-10-16-25(24)28/h9-19,22-23,30H,8,20-21H2,1-7H3,(H2,36,37)(H,39,42)/t23-,30+,47?/m1/s1. The van der Waals surface area contributed by atoms with E-state index in [-0.39, 0.29) is 19.1 Å². The topological polar surface area (TPSA) is 140 Å². The first kappa shape index (κ1) is 34.3. The van der Waals surface area contributed by atoms with Crippen LogP contribution in [-0.4, -0.2) is 45.4 Å². The van der Waals surface area contributed by atoms with Crippen LogP contribution in [-0.2, 0) is 30.0 Å². The Bertz CT molecular complexity index is 1930. The molecule has 0 saturated heterocycles. The third-order valence-electron chi connectivity index (χ3n) is 7.58. The number of carbonyl (C=O) groups is 1. The zero-order valence-corrected chi connectivity index (χ0v) is 28.9. The number of hydrogen-bond donors (Lipinski definition) is 2. The summed E-state index contributed by atoms with van der Waals surface area (Å²) < 4.78 is 40.8. The second kappa shape index (κ2) is 14.0. The molecule has 0 aliphatic carbocycles. The Morgan fingerprint density at radius 2 is 1.66 bits per heavy atom. The number of pyridine rings is 1. The molecule has 0 bridgehead atoms. The SMILES string of the molecule is CCOCc1nc2c(N)nc3ccccc3c2n1[C@H](C)COP(=O)(N[C@H](C(=O)OC(C)(C)C)C(C)C)Oc1cccc2ccccc12. The summed E-state index contributed by atoms with van der Waals surface area (Å²) >= 11 is 0. The number of anilines is 1. The van der Waals surface area contributed by atoms with Gasteiger partial charge < -0.3 is 24.3 Å². The number of nitrogens with one attached hydrogen (secondary N) is 1. The minimum Gasteiger partial charge on any atom is -0.459 e. The number of para-hydroxylation sites is 1. The molecular weight excluding hydrogens is 617 g/mol. The molecule has 2 aromatic heterocycles. The Morgan fingerprint density at radius 3 is 2.36 bits per heavy atom. The minimum atomic E-state index is -4.24. The highest BCUT2D eigenvalue weighted by molar-refractivity contribution is 7.52. The number of fused-ring (bicyclic) bond motifs is 4. The smallest absolute Gasteiger partial charge is 0.459 e. The summed E-state index contributed by atoms with van der Waals surface area (Å²) in [6.07, 6.45) is 0. The number of nitrogen functional groups attached to an aromatic ring is 1. The van der Waals surface area contributed by atoms with Crippen LogP contribution >= 0.6 is 7.75 Å². The van der Waals surface area contributed by atoms with Gasteiger partial charge in [-0.1, -0.05) is 68.4 Å². The van der Waals surface area contributed by atoms with Crippen LogP contribution in [0.2, 0.25) is 0 Å². The van der Waals surface area contributed by atoms with E-state index in [4.69, 9.17) is 29.2 Å². The molecule has 250 valence electrons. The van der Waals surface area contributed by atoms with Crippen LogP contribution in [0.5, 0.6) is 5.75 Å². The van der Waals surface area contributed by atoms with Gasteiger partial charge in [0.1, 0.15) is 35.3 Å².